The van der Waals surface area contributed by atoms with E-state index in [9.17, 15) is 0 Å². The molecule has 22 heavy (non-hydrogen) atoms. The van der Waals surface area contributed by atoms with Crippen LogP contribution in [0.3, 0.4) is 0 Å². The van der Waals surface area contributed by atoms with Gasteiger partial charge in [0.1, 0.15) is 11.5 Å². The number of nitrogens with zero attached hydrogens (tertiary/aromatic N) is 1. The number of hydrogen-bond acceptors (Lipinski definition) is 3. The van der Waals surface area contributed by atoms with Crippen LogP contribution in [-0.2, 0) is 13.0 Å². The van der Waals surface area contributed by atoms with Gasteiger partial charge in [-0.2, -0.15) is 5.26 Å². The second kappa shape index (κ2) is 7.31. The second-order valence-corrected chi connectivity index (χ2v) is 5.61. The van der Waals surface area contributed by atoms with Crippen LogP contribution in [0.2, 0.25) is 5.02 Å². The highest BCUT2D eigenvalue weighted by Crippen LogP contribution is 2.33. The minimum atomic E-state index is 0.370. The SMILES string of the molecule is CNCc1ccc(CC#N)cc1Oc1ccc(Cl)c(C)c1C. The van der Waals surface area contributed by atoms with Gasteiger partial charge in [-0.25, -0.2) is 0 Å². The lowest BCUT2D eigenvalue weighted by atomic mass is 10.1. The Kier molecular flexibility index (Phi) is 5.43. The van der Waals surface area contributed by atoms with E-state index in [1.165, 1.54) is 0 Å². The molecule has 0 spiro atoms. The van der Waals surface area contributed by atoms with Crippen LogP contribution in [0.15, 0.2) is 30.3 Å². The highest BCUT2D eigenvalue weighted by atomic mass is 35.5. The molecule has 2 aromatic carbocycles. The summed E-state index contributed by atoms with van der Waals surface area (Å²) in [6.45, 7) is 4.67. The first kappa shape index (κ1) is 16.4. The Morgan fingerprint density at radius 3 is 2.59 bits per heavy atom. The monoisotopic (exact) mass is 314 g/mol. The fraction of sp³-hybridized carbons (Fsp3) is 0.278. The lowest BCUT2D eigenvalue weighted by Gasteiger charge is -2.15. The van der Waals surface area contributed by atoms with Crippen molar-refractivity contribution in [3.05, 3.63) is 57.6 Å². The van der Waals surface area contributed by atoms with Gasteiger partial charge in [0.15, 0.2) is 0 Å². The zero-order valence-electron chi connectivity index (χ0n) is 13.0. The van der Waals surface area contributed by atoms with E-state index in [-0.39, 0.29) is 0 Å². The van der Waals surface area contributed by atoms with Crippen molar-refractivity contribution in [3.8, 4) is 17.6 Å². The lowest BCUT2D eigenvalue weighted by molar-refractivity contribution is 0.469. The minimum Gasteiger partial charge on any atom is -0.457 e. The Labute approximate surface area is 136 Å². The number of nitrogens with one attached hydrogen (secondary N) is 1. The molecule has 0 saturated heterocycles. The van der Waals surface area contributed by atoms with Crippen LogP contribution < -0.4 is 10.1 Å². The average molecular weight is 315 g/mol. The predicted octanol–water partition coefficient (Wildman–Crippen LogP) is 4.53. The van der Waals surface area contributed by atoms with Gasteiger partial charge in [-0.05, 0) is 55.8 Å². The molecule has 0 amide bonds. The van der Waals surface area contributed by atoms with E-state index in [1.54, 1.807) is 0 Å². The average Bonchev–Trinajstić information content (AvgIpc) is 2.51. The van der Waals surface area contributed by atoms with Crippen LogP contribution >= 0.6 is 11.6 Å². The van der Waals surface area contributed by atoms with E-state index in [0.717, 1.165) is 38.8 Å². The summed E-state index contributed by atoms with van der Waals surface area (Å²) in [5.41, 5.74) is 4.04. The van der Waals surface area contributed by atoms with Crippen LogP contribution in [0, 0.1) is 25.2 Å². The predicted molar refractivity (Wildman–Crippen MR) is 89.5 cm³/mol. The van der Waals surface area contributed by atoms with Crippen LogP contribution in [-0.4, -0.2) is 7.05 Å². The second-order valence-electron chi connectivity index (χ2n) is 5.20. The first-order chi connectivity index (χ1) is 10.6. The summed E-state index contributed by atoms with van der Waals surface area (Å²) in [5, 5.41) is 12.7. The molecule has 0 bridgehead atoms. The van der Waals surface area contributed by atoms with Gasteiger partial charge in [0.2, 0.25) is 0 Å². The highest BCUT2D eigenvalue weighted by molar-refractivity contribution is 6.31. The van der Waals surface area contributed by atoms with Gasteiger partial charge in [0.25, 0.3) is 0 Å². The summed E-state index contributed by atoms with van der Waals surface area (Å²) in [5.74, 6) is 1.56. The molecule has 0 unspecified atom stereocenters. The molecule has 0 aliphatic rings. The summed E-state index contributed by atoms with van der Waals surface area (Å²) >= 11 is 6.13. The third-order valence-corrected chi connectivity index (χ3v) is 4.08. The fourth-order valence-corrected chi connectivity index (χ4v) is 2.43. The van der Waals surface area contributed by atoms with Crippen LogP contribution in [0.25, 0.3) is 0 Å². The van der Waals surface area contributed by atoms with Crippen LogP contribution in [0.4, 0.5) is 0 Å². The molecule has 4 heteroatoms. The number of halogens is 1. The van der Waals surface area contributed by atoms with Crippen molar-refractivity contribution in [2.24, 2.45) is 0 Å². The van der Waals surface area contributed by atoms with E-state index >= 15 is 0 Å². The largest absolute Gasteiger partial charge is 0.457 e. The van der Waals surface area contributed by atoms with Gasteiger partial charge in [-0.3, -0.25) is 0 Å². The molecule has 0 saturated carbocycles. The summed E-state index contributed by atoms with van der Waals surface area (Å²) in [7, 11) is 1.89. The summed E-state index contributed by atoms with van der Waals surface area (Å²) < 4.78 is 6.11. The molecule has 3 nitrogen and oxygen atoms in total. The Hall–Kier alpha value is -2.02. The van der Waals surface area contributed by atoms with Gasteiger partial charge in [0, 0.05) is 17.1 Å². The zero-order chi connectivity index (χ0) is 16.1. The van der Waals surface area contributed by atoms with Gasteiger partial charge in [0.05, 0.1) is 12.5 Å². The number of benzene rings is 2. The Bertz CT molecular complexity index is 720. The molecule has 2 rings (SSSR count). The molecular weight excluding hydrogens is 296 g/mol. The minimum absolute atomic E-state index is 0.370. The molecule has 0 aliphatic heterocycles. The van der Waals surface area contributed by atoms with E-state index in [4.69, 9.17) is 21.6 Å². The van der Waals surface area contributed by atoms with Crippen molar-refractivity contribution in [1.29, 1.82) is 5.26 Å². The van der Waals surface area contributed by atoms with Crippen molar-refractivity contribution in [2.45, 2.75) is 26.8 Å². The standard InChI is InChI=1S/C18H19ClN2O/c1-12-13(2)17(7-6-16(12)19)22-18-10-14(8-9-20)4-5-15(18)11-21-3/h4-7,10,21H,8,11H2,1-3H3. The number of hydrogen-bond donors (Lipinski definition) is 1. The topological polar surface area (TPSA) is 45.0 Å². The van der Waals surface area contributed by atoms with E-state index < -0.39 is 0 Å². The quantitative estimate of drug-likeness (QED) is 0.881. The molecule has 0 atom stereocenters. The molecule has 114 valence electrons. The van der Waals surface area contributed by atoms with Gasteiger partial charge in [-0.1, -0.05) is 23.7 Å². The van der Waals surface area contributed by atoms with E-state index in [0.29, 0.717) is 13.0 Å². The van der Waals surface area contributed by atoms with Gasteiger partial charge >= 0.3 is 0 Å². The lowest BCUT2D eigenvalue weighted by Crippen LogP contribution is -2.07. The molecule has 1 N–H and O–H groups in total. The molecule has 0 fully saturated rings. The first-order valence-electron chi connectivity index (χ1n) is 7.13. The Morgan fingerprint density at radius 2 is 1.91 bits per heavy atom. The number of ether oxygens (including phenoxy) is 1. The van der Waals surface area contributed by atoms with Crippen LogP contribution in [0.5, 0.6) is 11.5 Å². The molecule has 0 aromatic heterocycles. The first-order valence-corrected chi connectivity index (χ1v) is 7.51. The van der Waals surface area contributed by atoms with Crippen molar-refractivity contribution >= 4 is 11.6 Å². The Morgan fingerprint density at radius 1 is 1.14 bits per heavy atom. The maximum absolute atomic E-state index is 8.87. The van der Waals surface area contributed by atoms with Crippen molar-refractivity contribution in [3.63, 3.8) is 0 Å². The van der Waals surface area contributed by atoms with E-state index in [2.05, 4.69) is 11.4 Å². The maximum atomic E-state index is 8.87. The van der Waals surface area contributed by atoms with Gasteiger partial charge < -0.3 is 10.1 Å². The molecule has 0 radical (unpaired) electrons. The third kappa shape index (κ3) is 3.59. The third-order valence-electron chi connectivity index (χ3n) is 3.67. The fourth-order valence-electron chi connectivity index (χ4n) is 2.22. The molecule has 0 aliphatic carbocycles. The normalized spacial score (nSPS) is 10.3. The van der Waals surface area contributed by atoms with Crippen molar-refractivity contribution in [2.75, 3.05) is 7.05 Å². The van der Waals surface area contributed by atoms with Crippen molar-refractivity contribution in [1.82, 2.24) is 5.32 Å². The highest BCUT2D eigenvalue weighted by Gasteiger charge is 2.10. The van der Waals surface area contributed by atoms with E-state index in [1.807, 2.05) is 51.2 Å². The molecule has 0 heterocycles. The van der Waals surface area contributed by atoms with Crippen molar-refractivity contribution < 1.29 is 4.74 Å². The maximum Gasteiger partial charge on any atom is 0.132 e. The molecule has 2 aromatic rings. The number of nitriles is 1. The summed E-state index contributed by atoms with van der Waals surface area (Å²) in [4.78, 5) is 0. The zero-order valence-corrected chi connectivity index (χ0v) is 13.8. The summed E-state index contributed by atoms with van der Waals surface area (Å²) in [6.07, 6.45) is 0.370. The van der Waals surface area contributed by atoms with Gasteiger partial charge in [-0.15, -0.1) is 0 Å². The summed E-state index contributed by atoms with van der Waals surface area (Å²) in [6, 6.07) is 11.8. The van der Waals surface area contributed by atoms with Crippen LogP contribution in [0.1, 0.15) is 22.3 Å². The number of rotatable bonds is 5. The Balaban J connectivity index is 2.41. The smallest absolute Gasteiger partial charge is 0.132 e. The molecular formula is C18H19ClN2O.